The highest BCUT2D eigenvalue weighted by Crippen LogP contribution is 2.20. The van der Waals surface area contributed by atoms with Crippen LogP contribution in [0.1, 0.15) is 28.4 Å². The Morgan fingerprint density at radius 1 is 1.29 bits per heavy atom. The van der Waals surface area contributed by atoms with Crippen molar-refractivity contribution in [3.8, 4) is 0 Å². The molecule has 0 aliphatic rings. The van der Waals surface area contributed by atoms with Crippen LogP contribution in [0.15, 0.2) is 30.5 Å². The van der Waals surface area contributed by atoms with Gasteiger partial charge >= 0.3 is 0 Å². The molecule has 0 bridgehead atoms. The standard InChI is InChI=1S/C16H18FN3O/c1-4-18-15-14(17)12(7-8-19-15)16(21)20-13-9-10(2)5-6-11(13)3/h5-9H,4H2,1-3H3,(H,18,19)(H,20,21). The van der Waals surface area contributed by atoms with Gasteiger partial charge in [-0.25, -0.2) is 9.37 Å². The van der Waals surface area contributed by atoms with E-state index in [0.29, 0.717) is 12.2 Å². The van der Waals surface area contributed by atoms with Crippen LogP contribution >= 0.6 is 0 Å². The zero-order valence-electron chi connectivity index (χ0n) is 12.3. The average Bonchev–Trinajstić information content (AvgIpc) is 2.45. The molecule has 2 rings (SSSR count). The van der Waals surface area contributed by atoms with Crippen LogP contribution in [-0.2, 0) is 0 Å². The lowest BCUT2D eigenvalue weighted by Gasteiger charge is -2.11. The van der Waals surface area contributed by atoms with Gasteiger partial charge in [0, 0.05) is 18.4 Å². The number of rotatable bonds is 4. The van der Waals surface area contributed by atoms with Crippen LogP contribution < -0.4 is 10.6 Å². The second-order valence-electron chi connectivity index (χ2n) is 4.82. The van der Waals surface area contributed by atoms with Gasteiger partial charge in [0.05, 0.1) is 5.56 Å². The van der Waals surface area contributed by atoms with E-state index in [4.69, 9.17) is 0 Å². The molecule has 5 heteroatoms. The van der Waals surface area contributed by atoms with Crippen molar-refractivity contribution in [2.24, 2.45) is 0 Å². The van der Waals surface area contributed by atoms with E-state index in [1.165, 1.54) is 12.3 Å². The molecule has 21 heavy (non-hydrogen) atoms. The second kappa shape index (κ2) is 6.35. The molecule has 0 aliphatic heterocycles. The maximum absolute atomic E-state index is 14.2. The zero-order valence-corrected chi connectivity index (χ0v) is 12.3. The van der Waals surface area contributed by atoms with Crippen molar-refractivity contribution in [2.75, 3.05) is 17.2 Å². The van der Waals surface area contributed by atoms with E-state index in [-0.39, 0.29) is 11.4 Å². The molecule has 0 spiro atoms. The molecular weight excluding hydrogens is 269 g/mol. The maximum atomic E-state index is 14.2. The van der Waals surface area contributed by atoms with Gasteiger partial charge in [0.15, 0.2) is 11.6 Å². The van der Waals surface area contributed by atoms with E-state index in [0.717, 1.165) is 11.1 Å². The van der Waals surface area contributed by atoms with Gasteiger partial charge in [-0.05, 0) is 44.0 Å². The summed E-state index contributed by atoms with van der Waals surface area (Å²) < 4.78 is 14.2. The summed E-state index contributed by atoms with van der Waals surface area (Å²) in [4.78, 5) is 16.1. The summed E-state index contributed by atoms with van der Waals surface area (Å²) in [6.45, 7) is 6.20. The Bertz CT molecular complexity index is 671. The molecule has 0 saturated carbocycles. The fraction of sp³-hybridized carbons (Fsp3) is 0.250. The van der Waals surface area contributed by atoms with Gasteiger partial charge in [0.25, 0.3) is 5.91 Å². The van der Waals surface area contributed by atoms with E-state index in [1.54, 1.807) is 0 Å². The predicted octanol–water partition coefficient (Wildman–Crippen LogP) is 3.52. The molecule has 0 saturated heterocycles. The highest BCUT2D eigenvalue weighted by Gasteiger charge is 2.16. The number of carbonyl (C=O) groups excluding carboxylic acids is 1. The monoisotopic (exact) mass is 287 g/mol. The Kier molecular flexibility index (Phi) is 4.52. The second-order valence-corrected chi connectivity index (χ2v) is 4.82. The smallest absolute Gasteiger partial charge is 0.258 e. The van der Waals surface area contributed by atoms with Crippen LogP contribution in [0.3, 0.4) is 0 Å². The fourth-order valence-corrected chi connectivity index (χ4v) is 1.97. The SMILES string of the molecule is CCNc1nccc(C(=O)Nc2cc(C)ccc2C)c1F. The normalized spacial score (nSPS) is 10.3. The number of aryl methyl sites for hydroxylation is 2. The zero-order chi connectivity index (χ0) is 15.4. The Morgan fingerprint density at radius 2 is 2.05 bits per heavy atom. The molecule has 2 aromatic rings. The Labute approximate surface area is 123 Å². The highest BCUT2D eigenvalue weighted by atomic mass is 19.1. The van der Waals surface area contributed by atoms with E-state index in [2.05, 4.69) is 15.6 Å². The number of amides is 1. The third-order valence-electron chi connectivity index (χ3n) is 3.12. The summed E-state index contributed by atoms with van der Waals surface area (Å²) in [7, 11) is 0. The largest absolute Gasteiger partial charge is 0.368 e. The third-order valence-corrected chi connectivity index (χ3v) is 3.12. The lowest BCUT2D eigenvalue weighted by atomic mass is 10.1. The molecule has 1 heterocycles. The predicted molar refractivity (Wildman–Crippen MR) is 82.2 cm³/mol. The van der Waals surface area contributed by atoms with Crippen molar-refractivity contribution in [1.82, 2.24) is 4.98 Å². The topological polar surface area (TPSA) is 54.0 Å². The average molecular weight is 287 g/mol. The molecule has 4 nitrogen and oxygen atoms in total. The van der Waals surface area contributed by atoms with Crippen molar-refractivity contribution in [3.05, 3.63) is 53.0 Å². The van der Waals surface area contributed by atoms with Crippen LogP contribution in [0.5, 0.6) is 0 Å². The number of nitrogens with one attached hydrogen (secondary N) is 2. The Hall–Kier alpha value is -2.43. The van der Waals surface area contributed by atoms with E-state index in [9.17, 15) is 9.18 Å². The highest BCUT2D eigenvalue weighted by molar-refractivity contribution is 6.05. The first-order chi connectivity index (χ1) is 10.0. The third kappa shape index (κ3) is 3.37. The van der Waals surface area contributed by atoms with Crippen LogP contribution in [0.25, 0.3) is 0 Å². The number of pyridine rings is 1. The van der Waals surface area contributed by atoms with Gasteiger partial charge in [0.1, 0.15) is 0 Å². The minimum Gasteiger partial charge on any atom is -0.368 e. The van der Waals surface area contributed by atoms with Crippen LogP contribution in [-0.4, -0.2) is 17.4 Å². The van der Waals surface area contributed by atoms with Gasteiger partial charge in [-0.15, -0.1) is 0 Å². The summed E-state index contributed by atoms with van der Waals surface area (Å²) in [6, 6.07) is 7.10. The Balaban J connectivity index is 2.28. The van der Waals surface area contributed by atoms with Gasteiger partial charge in [0.2, 0.25) is 0 Å². The summed E-state index contributed by atoms with van der Waals surface area (Å²) >= 11 is 0. The van der Waals surface area contributed by atoms with Crippen LogP contribution in [0.4, 0.5) is 15.9 Å². The molecule has 0 radical (unpaired) electrons. The minimum atomic E-state index is -0.637. The number of aromatic nitrogens is 1. The molecule has 1 aromatic carbocycles. The van der Waals surface area contributed by atoms with Crippen molar-refractivity contribution in [3.63, 3.8) is 0 Å². The van der Waals surface area contributed by atoms with Gasteiger partial charge in [-0.2, -0.15) is 0 Å². The molecule has 1 amide bonds. The number of carbonyl (C=O) groups is 1. The first-order valence-electron chi connectivity index (χ1n) is 6.80. The fourth-order valence-electron chi connectivity index (χ4n) is 1.97. The van der Waals surface area contributed by atoms with E-state index in [1.807, 2.05) is 39.0 Å². The summed E-state index contributed by atoms with van der Waals surface area (Å²) in [5.41, 5.74) is 2.61. The molecule has 2 N–H and O–H groups in total. The van der Waals surface area contributed by atoms with Crippen molar-refractivity contribution >= 4 is 17.4 Å². The Morgan fingerprint density at radius 3 is 2.76 bits per heavy atom. The number of hydrogen-bond acceptors (Lipinski definition) is 3. The van der Waals surface area contributed by atoms with Gasteiger partial charge in [-0.3, -0.25) is 4.79 Å². The van der Waals surface area contributed by atoms with Gasteiger partial charge < -0.3 is 10.6 Å². The van der Waals surface area contributed by atoms with E-state index >= 15 is 0 Å². The lowest BCUT2D eigenvalue weighted by Crippen LogP contribution is -2.16. The quantitative estimate of drug-likeness (QED) is 0.904. The number of nitrogens with zero attached hydrogens (tertiary/aromatic N) is 1. The van der Waals surface area contributed by atoms with Crippen molar-refractivity contribution < 1.29 is 9.18 Å². The lowest BCUT2D eigenvalue weighted by molar-refractivity contribution is 0.102. The van der Waals surface area contributed by atoms with Crippen LogP contribution in [0.2, 0.25) is 0 Å². The summed E-state index contributed by atoms with van der Waals surface area (Å²) in [6.07, 6.45) is 1.42. The first-order valence-corrected chi connectivity index (χ1v) is 6.80. The molecule has 0 atom stereocenters. The number of benzene rings is 1. The van der Waals surface area contributed by atoms with Crippen LogP contribution in [0, 0.1) is 19.7 Å². The first kappa shape index (κ1) is 15.0. The number of anilines is 2. The molecular formula is C16H18FN3O. The van der Waals surface area contributed by atoms with E-state index < -0.39 is 11.7 Å². The van der Waals surface area contributed by atoms with Crippen molar-refractivity contribution in [2.45, 2.75) is 20.8 Å². The molecule has 0 aliphatic carbocycles. The summed E-state index contributed by atoms with van der Waals surface area (Å²) in [5.74, 6) is -1.03. The molecule has 0 unspecified atom stereocenters. The van der Waals surface area contributed by atoms with Crippen molar-refractivity contribution in [1.29, 1.82) is 0 Å². The maximum Gasteiger partial charge on any atom is 0.258 e. The molecule has 0 fully saturated rings. The van der Waals surface area contributed by atoms with Gasteiger partial charge in [-0.1, -0.05) is 12.1 Å². The molecule has 1 aromatic heterocycles. The number of hydrogen-bond donors (Lipinski definition) is 2. The minimum absolute atomic E-state index is 0.0261. The summed E-state index contributed by atoms with van der Waals surface area (Å²) in [5, 5.41) is 5.53. The number of halogens is 1. The molecule has 110 valence electrons.